The zero-order chi connectivity index (χ0) is 11.7. The average Bonchev–Trinajstić information content (AvgIpc) is 2.81. The van der Waals surface area contributed by atoms with Crippen LogP contribution >= 0.6 is 0 Å². The maximum absolute atomic E-state index is 5.59. The summed E-state index contributed by atoms with van der Waals surface area (Å²) >= 11 is 0. The number of rotatable bonds is 3. The molecule has 3 unspecified atom stereocenters. The normalized spacial score (nSPS) is 42.9. The first-order chi connectivity index (χ1) is 8.38. The molecule has 17 heavy (non-hydrogen) atoms. The number of fused-ring (bicyclic) bond motifs is 2. The molecule has 3 rings (SSSR count). The number of hydrogen-bond donors (Lipinski definition) is 1. The molecule has 98 valence electrons. The van der Waals surface area contributed by atoms with E-state index in [2.05, 4.69) is 17.1 Å². The lowest BCUT2D eigenvalue weighted by Gasteiger charge is -2.51. The fourth-order valence-corrected chi connectivity index (χ4v) is 4.23. The summed E-state index contributed by atoms with van der Waals surface area (Å²) in [5.41, 5.74) is 0. The van der Waals surface area contributed by atoms with Gasteiger partial charge in [-0.15, -0.1) is 0 Å². The Morgan fingerprint density at radius 2 is 1.88 bits per heavy atom. The fraction of sp³-hybridized carbons (Fsp3) is 1.00. The predicted molar refractivity (Wildman–Crippen MR) is 69.2 cm³/mol. The van der Waals surface area contributed by atoms with Crippen LogP contribution in [0.1, 0.15) is 45.4 Å². The van der Waals surface area contributed by atoms with Crippen molar-refractivity contribution in [1.29, 1.82) is 0 Å². The van der Waals surface area contributed by atoms with E-state index in [0.29, 0.717) is 0 Å². The minimum Gasteiger partial charge on any atom is -0.380 e. The number of nitrogens with one attached hydrogen (secondary N) is 1. The van der Waals surface area contributed by atoms with E-state index in [0.717, 1.165) is 43.9 Å². The van der Waals surface area contributed by atoms with Gasteiger partial charge in [0.1, 0.15) is 0 Å². The van der Waals surface area contributed by atoms with Crippen LogP contribution in [0, 0.1) is 0 Å². The quantitative estimate of drug-likeness (QED) is 0.811. The van der Waals surface area contributed by atoms with E-state index in [1.54, 1.807) is 0 Å². The van der Waals surface area contributed by atoms with Gasteiger partial charge in [-0.25, -0.2) is 0 Å². The molecular formula is C14H26N2O. The summed E-state index contributed by atoms with van der Waals surface area (Å²) < 4.78 is 5.59. The van der Waals surface area contributed by atoms with Gasteiger partial charge < -0.3 is 10.1 Å². The van der Waals surface area contributed by atoms with Crippen LogP contribution in [-0.4, -0.2) is 48.8 Å². The van der Waals surface area contributed by atoms with Gasteiger partial charge in [0.2, 0.25) is 0 Å². The van der Waals surface area contributed by atoms with E-state index in [9.17, 15) is 0 Å². The summed E-state index contributed by atoms with van der Waals surface area (Å²) in [6.45, 7) is 5.32. The topological polar surface area (TPSA) is 24.5 Å². The fourth-order valence-electron chi connectivity index (χ4n) is 4.23. The van der Waals surface area contributed by atoms with Crippen molar-refractivity contribution in [2.75, 3.05) is 19.8 Å². The van der Waals surface area contributed by atoms with E-state index in [1.807, 2.05) is 0 Å². The lowest BCUT2D eigenvalue weighted by atomic mass is 9.80. The Morgan fingerprint density at radius 3 is 2.47 bits per heavy atom. The van der Waals surface area contributed by atoms with Gasteiger partial charge in [-0.1, -0.05) is 13.3 Å². The Hall–Kier alpha value is -0.120. The zero-order valence-electron chi connectivity index (χ0n) is 11.0. The van der Waals surface area contributed by atoms with E-state index in [1.165, 1.54) is 38.5 Å². The van der Waals surface area contributed by atoms with Gasteiger partial charge in [-0.2, -0.15) is 0 Å². The monoisotopic (exact) mass is 238 g/mol. The van der Waals surface area contributed by atoms with Gasteiger partial charge in [-0.05, 0) is 38.6 Å². The van der Waals surface area contributed by atoms with Crippen molar-refractivity contribution in [3.05, 3.63) is 0 Å². The molecule has 3 fully saturated rings. The van der Waals surface area contributed by atoms with Gasteiger partial charge >= 0.3 is 0 Å². The van der Waals surface area contributed by atoms with Gasteiger partial charge in [0.05, 0.1) is 6.61 Å². The molecule has 3 heterocycles. The van der Waals surface area contributed by atoms with Crippen LogP contribution in [0.25, 0.3) is 0 Å². The largest absolute Gasteiger partial charge is 0.380 e. The molecule has 0 aliphatic carbocycles. The Balaban J connectivity index is 1.68. The minimum atomic E-state index is 0.730. The lowest BCUT2D eigenvalue weighted by molar-refractivity contribution is -0.0132. The highest BCUT2D eigenvalue weighted by atomic mass is 16.5. The van der Waals surface area contributed by atoms with Gasteiger partial charge in [-0.3, -0.25) is 4.90 Å². The molecule has 3 nitrogen and oxygen atoms in total. The van der Waals surface area contributed by atoms with Gasteiger partial charge in [0, 0.05) is 30.8 Å². The van der Waals surface area contributed by atoms with E-state index in [4.69, 9.17) is 4.74 Å². The number of hydrogen-bond acceptors (Lipinski definition) is 3. The molecule has 0 aromatic carbocycles. The second-order valence-electron chi connectivity index (χ2n) is 5.93. The number of ether oxygens (including phenoxy) is 1. The molecule has 0 amide bonds. The third-order valence-corrected chi connectivity index (χ3v) is 4.85. The van der Waals surface area contributed by atoms with Crippen molar-refractivity contribution < 1.29 is 4.74 Å². The first-order valence-corrected chi connectivity index (χ1v) is 7.47. The molecule has 3 saturated heterocycles. The molecule has 1 N–H and O–H groups in total. The summed E-state index contributed by atoms with van der Waals surface area (Å²) in [6, 6.07) is 3.17. The Kier molecular flexibility index (Phi) is 3.69. The molecule has 0 spiro atoms. The smallest absolute Gasteiger partial charge is 0.0622 e. The van der Waals surface area contributed by atoms with Crippen LogP contribution in [0.2, 0.25) is 0 Å². The van der Waals surface area contributed by atoms with Crippen LogP contribution < -0.4 is 5.32 Å². The number of nitrogens with zero attached hydrogens (tertiary/aromatic N) is 1. The van der Waals surface area contributed by atoms with Crippen LogP contribution in [-0.2, 0) is 4.74 Å². The number of piperidine rings is 2. The molecule has 0 saturated carbocycles. The Bertz CT molecular complexity index is 239. The first-order valence-electron chi connectivity index (χ1n) is 7.47. The predicted octanol–water partition coefficient (Wildman–Crippen LogP) is 1.77. The molecule has 2 bridgehead atoms. The van der Waals surface area contributed by atoms with Crippen LogP contribution in [0.3, 0.4) is 0 Å². The molecule has 0 aromatic heterocycles. The van der Waals surface area contributed by atoms with E-state index < -0.39 is 0 Å². The summed E-state index contributed by atoms with van der Waals surface area (Å²) in [5.74, 6) is 0. The maximum Gasteiger partial charge on any atom is 0.0622 e. The SMILES string of the molecule is CCNC1CC2CCCC(C1)N2C1CCOC1. The average molecular weight is 238 g/mol. The van der Waals surface area contributed by atoms with Crippen molar-refractivity contribution in [3.63, 3.8) is 0 Å². The van der Waals surface area contributed by atoms with Gasteiger partial charge in [0.15, 0.2) is 0 Å². The molecule has 0 aromatic rings. The van der Waals surface area contributed by atoms with Crippen LogP contribution in [0.15, 0.2) is 0 Å². The van der Waals surface area contributed by atoms with Crippen molar-refractivity contribution >= 4 is 0 Å². The molecular weight excluding hydrogens is 212 g/mol. The summed E-state index contributed by atoms with van der Waals surface area (Å²) in [4.78, 5) is 2.84. The third kappa shape index (κ3) is 2.38. The minimum absolute atomic E-state index is 0.730. The zero-order valence-corrected chi connectivity index (χ0v) is 11.0. The maximum atomic E-state index is 5.59. The summed E-state index contributed by atoms with van der Waals surface area (Å²) in [5, 5.41) is 3.67. The van der Waals surface area contributed by atoms with Crippen molar-refractivity contribution in [2.24, 2.45) is 0 Å². The molecule has 0 radical (unpaired) electrons. The van der Waals surface area contributed by atoms with Crippen molar-refractivity contribution in [1.82, 2.24) is 10.2 Å². The Morgan fingerprint density at radius 1 is 1.12 bits per heavy atom. The summed E-state index contributed by atoms with van der Waals surface area (Å²) in [6.07, 6.45) is 8.25. The third-order valence-electron chi connectivity index (χ3n) is 4.85. The molecule has 3 atom stereocenters. The van der Waals surface area contributed by atoms with E-state index >= 15 is 0 Å². The Labute approximate surface area is 105 Å². The summed E-state index contributed by atoms with van der Waals surface area (Å²) in [7, 11) is 0. The standard InChI is InChI=1S/C14H26N2O/c1-2-15-11-8-12-4-3-5-13(9-11)16(12)14-6-7-17-10-14/h11-15H,2-10H2,1H3. The molecule has 3 aliphatic heterocycles. The van der Waals surface area contributed by atoms with Crippen LogP contribution in [0.4, 0.5) is 0 Å². The molecule has 3 aliphatic rings. The van der Waals surface area contributed by atoms with E-state index in [-0.39, 0.29) is 0 Å². The van der Waals surface area contributed by atoms with Crippen molar-refractivity contribution in [3.8, 4) is 0 Å². The van der Waals surface area contributed by atoms with Crippen LogP contribution in [0.5, 0.6) is 0 Å². The first kappa shape index (κ1) is 11.9. The highest BCUT2D eigenvalue weighted by molar-refractivity contribution is 4.98. The second kappa shape index (κ2) is 5.25. The highest BCUT2D eigenvalue weighted by Gasteiger charge is 2.42. The van der Waals surface area contributed by atoms with Gasteiger partial charge in [0.25, 0.3) is 0 Å². The molecule has 3 heteroatoms. The second-order valence-corrected chi connectivity index (χ2v) is 5.93. The highest BCUT2D eigenvalue weighted by Crippen LogP contribution is 2.37. The lowest BCUT2D eigenvalue weighted by Crippen LogP contribution is -2.59. The van der Waals surface area contributed by atoms with Crippen molar-refractivity contribution in [2.45, 2.75) is 69.6 Å².